The summed E-state index contributed by atoms with van der Waals surface area (Å²) in [4.78, 5) is 10.9. The summed E-state index contributed by atoms with van der Waals surface area (Å²) in [6, 6.07) is 10.1. The number of halogens is 2. The van der Waals surface area contributed by atoms with Crippen LogP contribution in [0, 0.1) is 5.82 Å². The van der Waals surface area contributed by atoms with E-state index in [2.05, 4.69) is 9.97 Å². The normalized spacial score (nSPS) is 11.0. The lowest BCUT2D eigenvalue weighted by Crippen LogP contribution is -2.23. The Balaban J connectivity index is 2.00. The topological polar surface area (TPSA) is 73.5 Å². The Morgan fingerprint density at radius 2 is 2.04 bits per heavy atom. The first kappa shape index (κ1) is 20.3. The van der Waals surface area contributed by atoms with Crippen LogP contribution in [0.2, 0.25) is 5.02 Å². The second-order valence-electron chi connectivity index (χ2n) is 6.06. The van der Waals surface area contributed by atoms with Crippen molar-refractivity contribution in [1.29, 1.82) is 0 Å². The summed E-state index contributed by atoms with van der Waals surface area (Å²) in [7, 11) is 1.56. The Morgan fingerprint density at radius 3 is 2.79 bits per heavy atom. The van der Waals surface area contributed by atoms with Crippen LogP contribution in [-0.4, -0.2) is 43.4 Å². The van der Waals surface area contributed by atoms with E-state index in [-0.39, 0.29) is 5.02 Å². The predicted molar refractivity (Wildman–Crippen MR) is 109 cm³/mol. The summed E-state index contributed by atoms with van der Waals surface area (Å²) in [5.41, 5.74) is 8.43. The smallest absolute Gasteiger partial charge is 0.213 e. The van der Waals surface area contributed by atoms with Crippen LogP contribution in [-0.2, 0) is 4.74 Å². The van der Waals surface area contributed by atoms with Crippen molar-refractivity contribution in [3.63, 3.8) is 0 Å². The van der Waals surface area contributed by atoms with Gasteiger partial charge in [-0.15, -0.1) is 0 Å². The van der Waals surface area contributed by atoms with Crippen molar-refractivity contribution in [3.8, 4) is 5.88 Å². The van der Waals surface area contributed by atoms with Crippen molar-refractivity contribution in [3.05, 3.63) is 53.4 Å². The predicted octanol–water partition coefficient (Wildman–Crippen LogP) is 3.93. The fourth-order valence-electron chi connectivity index (χ4n) is 2.81. The molecular formula is C20H22ClFN4O2. The van der Waals surface area contributed by atoms with Gasteiger partial charge in [-0.25, -0.2) is 9.37 Å². The molecule has 0 saturated heterocycles. The number of fused-ring (bicyclic) bond motifs is 1. The molecule has 2 N–H and O–H groups in total. The third kappa shape index (κ3) is 4.67. The number of anilines is 2. The molecule has 0 unspecified atom stereocenters. The number of nitrogens with two attached hydrogens (primary N) is 1. The molecular weight excluding hydrogens is 383 g/mol. The molecule has 0 atom stereocenters. The third-order valence-electron chi connectivity index (χ3n) is 4.20. The van der Waals surface area contributed by atoms with Crippen molar-refractivity contribution >= 4 is 34.0 Å². The van der Waals surface area contributed by atoms with Crippen molar-refractivity contribution < 1.29 is 13.9 Å². The van der Waals surface area contributed by atoms with E-state index < -0.39 is 5.82 Å². The lowest BCUT2D eigenvalue weighted by Gasteiger charge is -2.26. The van der Waals surface area contributed by atoms with Crippen LogP contribution in [0.4, 0.5) is 15.8 Å². The van der Waals surface area contributed by atoms with Crippen LogP contribution in [0.15, 0.2) is 42.6 Å². The number of rotatable bonds is 9. The van der Waals surface area contributed by atoms with Crippen LogP contribution < -0.4 is 15.4 Å². The number of hydrogen-bond acceptors (Lipinski definition) is 6. The molecule has 0 aliphatic rings. The van der Waals surface area contributed by atoms with Gasteiger partial charge < -0.3 is 20.1 Å². The molecule has 0 aliphatic heterocycles. The molecule has 3 rings (SSSR count). The zero-order chi connectivity index (χ0) is 19.9. The second-order valence-corrected chi connectivity index (χ2v) is 6.46. The molecule has 148 valence electrons. The van der Waals surface area contributed by atoms with Gasteiger partial charge >= 0.3 is 0 Å². The van der Waals surface area contributed by atoms with E-state index in [9.17, 15) is 4.39 Å². The Kier molecular flexibility index (Phi) is 6.97. The van der Waals surface area contributed by atoms with Crippen LogP contribution in [0.5, 0.6) is 5.88 Å². The van der Waals surface area contributed by atoms with Crippen molar-refractivity contribution in [1.82, 2.24) is 9.97 Å². The van der Waals surface area contributed by atoms with Gasteiger partial charge in [0.1, 0.15) is 11.3 Å². The van der Waals surface area contributed by atoms with E-state index >= 15 is 0 Å². The minimum atomic E-state index is -0.469. The largest absolute Gasteiger partial charge is 0.481 e. The van der Waals surface area contributed by atoms with Crippen molar-refractivity contribution in [2.24, 2.45) is 5.73 Å². The fraction of sp³-hybridized carbons (Fsp3) is 0.300. The highest BCUT2D eigenvalue weighted by Crippen LogP contribution is 2.33. The van der Waals surface area contributed by atoms with Gasteiger partial charge in [-0.1, -0.05) is 11.6 Å². The number of aromatic nitrogens is 2. The molecule has 2 aromatic heterocycles. The molecule has 0 bridgehead atoms. The SMILES string of the molecule is COc1ccc2nccc(N(CCOCCCN)c3ccc(F)c(Cl)c3)c2n1. The minimum absolute atomic E-state index is 0.0513. The molecule has 1 aromatic carbocycles. The lowest BCUT2D eigenvalue weighted by atomic mass is 10.2. The third-order valence-corrected chi connectivity index (χ3v) is 4.49. The molecule has 8 heteroatoms. The first-order chi connectivity index (χ1) is 13.6. The summed E-state index contributed by atoms with van der Waals surface area (Å²) >= 11 is 6.02. The maximum Gasteiger partial charge on any atom is 0.213 e. The Labute approximate surface area is 168 Å². The van der Waals surface area contributed by atoms with Gasteiger partial charge in [-0.05, 0) is 43.3 Å². The summed E-state index contributed by atoms with van der Waals surface area (Å²) in [6.07, 6.45) is 2.50. The van der Waals surface area contributed by atoms with E-state index in [0.29, 0.717) is 37.7 Å². The zero-order valence-electron chi connectivity index (χ0n) is 15.6. The minimum Gasteiger partial charge on any atom is -0.481 e. The van der Waals surface area contributed by atoms with Crippen molar-refractivity contribution in [2.45, 2.75) is 6.42 Å². The highest BCUT2D eigenvalue weighted by Gasteiger charge is 2.16. The van der Waals surface area contributed by atoms with Gasteiger partial charge in [0.05, 0.1) is 29.9 Å². The Bertz CT molecular complexity index is 941. The van der Waals surface area contributed by atoms with Crippen LogP contribution in [0.1, 0.15) is 6.42 Å². The van der Waals surface area contributed by atoms with E-state index in [4.69, 9.17) is 26.8 Å². The molecule has 2 heterocycles. The van der Waals surface area contributed by atoms with Gasteiger partial charge in [0.15, 0.2) is 0 Å². The number of nitrogens with zero attached hydrogens (tertiary/aromatic N) is 3. The Morgan fingerprint density at radius 1 is 1.18 bits per heavy atom. The fourth-order valence-corrected chi connectivity index (χ4v) is 2.98. The first-order valence-electron chi connectivity index (χ1n) is 8.94. The van der Waals surface area contributed by atoms with E-state index in [0.717, 1.165) is 23.3 Å². The monoisotopic (exact) mass is 404 g/mol. The van der Waals surface area contributed by atoms with Gasteiger partial charge in [0, 0.05) is 31.1 Å². The number of methoxy groups -OCH3 is 1. The van der Waals surface area contributed by atoms with E-state index in [1.807, 2.05) is 17.0 Å². The summed E-state index contributed by atoms with van der Waals surface area (Å²) in [5, 5.41) is 0.0513. The molecule has 6 nitrogen and oxygen atoms in total. The number of ether oxygens (including phenoxy) is 2. The lowest BCUT2D eigenvalue weighted by molar-refractivity contribution is 0.140. The molecule has 0 spiro atoms. The molecule has 0 amide bonds. The maximum absolute atomic E-state index is 13.7. The highest BCUT2D eigenvalue weighted by molar-refractivity contribution is 6.31. The van der Waals surface area contributed by atoms with E-state index in [1.165, 1.54) is 6.07 Å². The zero-order valence-corrected chi connectivity index (χ0v) is 16.3. The quantitative estimate of drug-likeness (QED) is 0.544. The number of benzene rings is 1. The van der Waals surface area contributed by atoms with E-state index in [1.54, 1.807) is 31.5 Å². The molecule has 0 aliphatic carbocycles. The average molecular weight is 405 g/mol. The summed E-state index contributed by atoms with van der Waals surface area (Å²) < 4.78 is 24.6. The maximum atomic E-state index is 13.7. The molecule has 28 heavy (non-hydrogen) atoms. The molecule has 0 radical (unpaired) electrons. The summed E-state index contributed by atoms with van der Waals surface area (Å²) in [5.74, 6) is 0.0157. The van der Waals surface area contributed by atoms with Gasteiger partial charge in [-0.2, -0.15) is 0 Å². The van der Waals surface area contributed by atoms with Gasteiger partial charge in [-0.3, -0.25) is 4.98 Å². The van der Waals surface area contributed by atoms with Crippen molar-refractivity contribution in [2.75, 3.05) is 38.3 Å². The molecule has 0 saturated carbocycles. The van der Waals surface area contributed by atoms with Crippen LogP contribution in [0.25, 0.3) is 11.0 Å². The van der Waals surface area contributed by atoms with Crippen LogP contribution >= 0.6 is 11.6 Å². The Hall–Kier alpha value is -2.48. The standard InChI is InChI=1S/C20H22ClFN4O2/c1-27-19-6-5-17-20(25-19)18(7-9-24-17)26(10-12-28-11-2-8-23)14-3-4-16(22)15(21)13-14/h3-7,9,13H,2,8,10-12,23H2,1H3. The molecule has 3 aromatic rings. The summed E-state index contributed by atoms with van der Waals surface area (Å²) in [6.45, 7) is 2.14. The van der Waals surface area contributed by atoms with Gasteiger partial charge in [0.25, 0.3) is 0 Å². The number of hydrogen-bond donors (Lipinski definition) is 1. The van der Waals surface area contributed by atoms with Gasteiger partial charge in [0.2, 0.25) is 5.88 Å². The van der Waals surface area contributed by atoms with Crippen LogP contribution in [0.3, 0.4) is 0 Å². The first-order valence-corrected chi connectivity index (χ1v) is 9.32. The average Bonchev–Trinajstić information content (AvgIpc) is 2.72. The molecule has 0 fully saturated rings. The second kappa shape index (κ2) is 9.64. The highest BCUT2D eigenvalue weighted by atomic mass is 35.5. The number of pyridine rings is 2.